The fraction of sp³-hybridized carbons (Fsp3) is 0.381. The highest BCUT2D eigenvalue weighted by Crippen LogP contribution is 2.22. The van der Waals surface area contributed by atoms with E-state index in [-0.39, 0.29) is 23.3 Å². The van der Waals surface area contributed by atoms with Crippen LogP contribution in [0.3, 0.4) is 0 Å². The standard InChI is InChI=1S/C21H25N3O5/c1-5-27-21(26)17-14(3)29-20-18(17)19(25)22-16(23-20)12-24(4)10-11-28-15-8-6-13(2)7-9-15/h6-9H,5,10-12H2,1-4H3,(H,22,23,25). The Labute approximate surface area is 168 Å². The molecule has 154 valence electrons. The van der Waals surface area contributed by atoms with Crippen molar-refractivity contribution in [2.75, 3.05) is 26.8 Å². The van der Waals surface area contributed by atoms with Gasteiger partial charge in [-0.15, -0.1) is 0 Å². The second-order valence-corrected chi connectivity index (χ2v) is 6.85. The first-order valence-electron chi connectivity index (χ1n) is 9.46. The van der Waals surface area contributed by atoms with Crippen LogP contribution in [0.25, 0.3) is 11.1 Å². The molecular formula is C21H25N3O5. The minimum absolute atomic E-state index is 0.120. The molecule has 0 aliphatic carbocycles. The lowest BCUT2D eigenvalue weighted by atomic mass is 10.2. The van der Waals surface area contributed by atoms with Crippen molar-refractivity contribution in [1.82, 2.24) is 14.9 Å². The van der Waals surface area contributed by atoms with Crippen molar-refractivity contribution in [3.63, 3.8) is 0 Å². The molecule has 0 unspecified atom stereocenters. The number of nitrogens with zero attached hydrogens (tertiary/aromatic N) is 2. The summed E-state index contributed by atoms with van der Waals surface area (Å²) in [7, 11) is 1.90. The van der Waals surface area contributed by atoms with Gasteiger partial charge in [-0.05, 0) is 40.0 Å². The lowest BCUT2D eigenvalue weighted by Crippen LogP contribution is -2.26. The van der Waals surface area contributed by atoms with E-state index in [1.807, 2.05) is 43.1 Å². The zero-order valence-electron chi connectivity index (χ0n) is 17.1. The second kappa shape index (κ2) is 8.91. The quantitative estimate of drug-likeness (QED) is 0.582. The number of aromatic nitrogens is 2. The summed E-state index contributed by atoms with van der Waals surface area (Å²) < 4.78 is 16.3. The van der Waals surface area contributed by atoms with E-state index in [2.05, 4.69) is 9.97 Å². The maximum atomic E-state index is 12.5. The molecule has 0 spiro atoms. The monoisotopic (exact) mass is 399 g/mol. The van der Waals surface area contributed by atoms with Crippen LogP contribution in [0, 0.1) is 13.8 Å². The van der Waals surface area contributed by atoms with Crippen LogP contribution in [0.4, 0.5) is 0 Å². The maximum absolute atomic E-state index is 12.5. The second-order valence-electron chi connectivity index (χ2n) is 6.85. The molecule has 3 rings (SSSR count). The molecule has 1 aromatic carbocycles. The van der Waals surface area contributed by atoms with Crippen LogP contribution in [0.15, 0.2) is 33.5 Å². The first-order chi connectivity index (χ1) is 13.9. The van der Waals surface area contributed by atoms with Crippen LogP contribution in [0.2, 0.25) is 0 Å². The third-order valence-corrected chi connectivity index (χ3v) is 4.45. The fourth-order valence-corrected chi connectivity index (χ4v) is 2.98. The molecule has 3 aromatic rings. The van der Waals surface area contributed by atoms with Gasteiger partial charge in [0.2, 0.25) is 5.71 Å². The SMILES string of the molecule is CCOC(=O)c1c(C)oc2nc(CN(C)CCOc3ccc(C)cc3)[nH]c(=O)c12. The molecule has 0 fully saturated rings. The first-order valence-corrected chi connectivity index (χ1v) is 9.46. The van der Waals surface area contributed by atoms with Crippen molar-refractivity contribution in [3.05, 3.63) is 57.3 Å². The number of ether oxygens (including phenoxy) is 2. The number of H-pyrrole nitrogens is 1. The topological polar surface area (TPSA) is 97.7 Å². The number of rotatable bonds is 8. The van der Waals surface area contributed by atoms with Gasteiger partial charge < -0.3 is 18.9 Å². The van der Waals surface area contributed by atoms with Crippen molar-refractivity contribution >= 4 is 17.1 Å². The molecule has 0 aliphatic rings. The first kappa shape index (κ1) is 20.6. The summed E-state index contributed by atoms with van der Waals surface area (Å²) in [6.45, 7) is 7.09. The van der Waals surface area contributed by atoms with E-state index in [4.69, 9.17) is 13.9 Å². The van der Waals surface area contributed by atoms with Crippen molar-refractivity contribution in [3.8, 4) is 5.75 Å². The number of furan rings is 1. The van der Waals surface area contributed by atoms with Crippen LogP contribution < -0.4 is 10.3 Å². The molecule has 2 heterocycles. The zero-order valence-corrected chi connectivity index (χ0v) is 17.1. The van der Waals surface area contributed by atoms with Gasteiger partial charge in [0, 0.05) is 6.54 Å². The molecule has 0 bridgehead atoms. The smallest absolute Gasteiger partial charge is 0.342 e. The van der Waals surface area contributed by atoms with Gasteiger partial charge >= 0.3 is 5.97 Å². The Balaban J connectivity index is 1.67. The molecule has 0 radical (unpaired) electrons. The molecule has 0 atom stereocenters. The third kappa shape index (κ3) is 4.83. The number of aromatic amines is 1. The summed E-state index contributed by atoms with van der Waals surface area (Å²) >= 11 is 0. The molecule has 2 aromatic heterocycles. The molecule has 1 N–H and O–H groups in total. The minimum Gasteiger partial charge on any atom is -0.492 e. The van der Waals surface area contributed by atoms with Gasteiger partial charge in [0.25, 0.3) is 5.56 Å². The molecule has 8 nitrogen and oxygen atoms in total. The minimum atomic E-state index is -0.589. The molecule has 0 saturated carbocycles. The Morgan fingerprint density at radius 2 is 1.97 bits per heavy atom. The number of hydrogen-bond acceptors (Lipinski definition) is 7. The summed E-state index contributed by atoms with van der Waals surface area (Å²) in [4.78, 5) is 33.7. The summed E-state index contributed by atoms with van der Waals surface area (Å²) in [5.41, 5.74) is 1.02. The van der Waals surface area contributed by atoms with E-state index in [1.54, 1.807) is 13.8 Å². The number of esters is 1. The van der Waals surface area contributed by atoms with Crippen LogP contribution in [-0.2, 0) is 11.3 Å². The van der Waals surface area contributed by atoms with E-state index in [0.717, 1.165) is 5.75 Å². The van der Waals surface area contributed by atoms with Crippen molar-refractivity contribution in [2.24, 2.45) is 0 Å². The Hall–Kier alpha value is -3.13. The Morgan fingerprint density at radius 1 is 1.24 bits per heavy atom. The number of carbonyl (C=O) groups is 1. The normalized spacial score (nSPS) is 11.2. The Bertz CT molecular complexity index is 1050. The lowest BCUT2D eigenvalue weighted by Gasteiger charge is -2.16. The van der Waals surface area contributed by atoms with E-state index in [9.17, 15) is 9.59 Å². The van der Waals surface area contributed by atoms with E-state index in [1.165, 1.54) is 5.56 Å². The Morgan fingerprint density at radius 3 is 2.66 bits per heavy atom. The largest absolute Gasteiger partial charge is 0.492 e. The van der Waals surface area contributed by atoms with Gasteiger partial charge in [-0.25, -0.2) is 4.79 Å². The van der Waals surface area contributed by atoms with Crippen LogP contribution in [-0.4, -0.2) is 47.6 Å². The molecular weight excluding hydrogens is 374 g/mol. The summed E-state index contributed by atoms with van der Waals surface area (Å²) in [6, 6.07) is 7.86. The van der Waals surface area contributed by atoms with Gasteiger partial charge in [-0.3, -0.25) is 9.69 Å². The van der Waals surface area contributed by atoms with E-state index in [0.29, 0.717) is 31.3 Å². The Kier molecular flexibility index (Phi) is 6.33. The molecule has 0 aliphatic heterocycles. The van der Waals surface area contributed by atoms with Gasteiger partial charge in [-0.2, -0.15) is 4.98 Å². The predicted molar refractivity (Wildman–Crippen MR) is 108 cm³/mol. The van der Waals surface area contributed by atoms with Crippen molar-refractivity contribution in [2.45, 2.75) is 27.3 Å². The molecule has 29 heavy (non-hydrogen) atoms. The van der Waals surface area contributed by atoms with Gasteiger partial charge in [-0.1, -0.05) is 17.7 Å². The molecule has 8 heteroatoms. The number of aryl methyl sites for hydroxylation is 2. The third-order valence-electron chi connectivity index (χ3n) is 4.45. The van der Waals surface area contributed by atoms with Crippen LogP contribution >= 0.6 is 0 Å². The average Bonchev–Trinajstić information content (AvgIpc) is 3.00. The number of nitrogens with one attached hydrogen (secondary N) is 1. The van der Waals surface area contributed by atoms with Crippen molar-refractivity contribution < 1.29 is 18.7 Å². The number of fused-ring (bicyclic) bond motifs is 1. The highest BCUT2D eigenvalue weighted by atomic mass is 16.5. The maximum Gasteiger partial charge on any atom is 0.342 e. The summed E-state index contributed by atoms with van der Waals surface area (Å²) in [5.74, 6) is 0.988. The number of likely N-dealkylation sites (N-methyl/N-ethyl adjacent to an activating group) is 1. The average molecular weight is 399 g/mol. The van der Waals surface area contributed by atoms with Gasteiger partial charge in [0.1, 0.15) is 34.9 Å². The highest BCUT2D eigenvalue weighted by molar-refractivity contribution is 6.03. The molecule has 0 amide bonds. The predicted octanol–water partition coefficient (Wildman–Crippen LogP) is 2.82. The zero-order chi connectivity index (χ0) is 21.0. The number of carbonyl (C=O) groups excluding carboxylic acids is 1. The summed E-state index contributed by atoms with van der Waals surface area (Å²) in [5, 5.41) is 0.120. The van der Waals surface area contributed by atoms with Crippen LogP contribution in [0.5, 0.6) is 5.75 Å². The lowest BCUT2D eigenvalue weighted by molar-refractivity contribution is 0.0526. The highest BCUT2D eigenvalue weighted by Gasteiger charge is 2.23. The fourth-order valence-electron chi connectivity index (χ4n) is 2.98. The van der Waals surface area contributed by atoms with Gasteiger partial charge in [0.05, 0.1) is 13.2 Å². The number of hydrogen-bond donors (Lipinski definition) is 1. The summed E-state index contributed by atoms with van der Waals surface area (Å²) in [6.07, 6.45) is 0. The van der Waals surface area contributed by atoms with Gasteiger partial charge in [0.15, 0.2) is 0 Å². The van der Waals surface area contributed by atoms with Crippen molar-refractivity contribution in [1.29, 1.82) is 0 Å². The van der Waals surface area contributed by atoms with E-state index >= 15 is 0 Å². The van der Waals surface area contributed by atoms with E-state index < -0.39 is 11.5 Å². The molecule has 0 saturated heterocycles. The number of benzene rings is 1. The van der Waals surface area contributed by atoms with Crippen LogP contribution in [0.1, 0.15) is 34.4 Å².